The Labute approximate surface area is 125 Å². The van der Waals surface area contributed by atoms with Crippen LogP contribution in [-0.2, 0) is 9.53 Å². The van der Waals surface area contributed by atoms with E-state index in [1.54, 1.807) is 32.9 Å². The Morgan fingerprint density at radius 3 is 2.57 bits per heavy atom. The van der Waals surface area contributed by atoms with Gasteiger partial charge in [-0.25, -0.2) is 4.79 Å². The van der Waals surface area contributed by atoms with Crippen LogP contribution in [0.1, 0.15) is 45.6 Å². The minimum Gasteiger partial charge on any atom is -0.495 e. The second-order valence-corrected chi connectivity index (χ2v) is 5.89. The Morgan fingerprint density at radius 1 is 1.38 bits per heavy atom. The third kappa shape index (κ3) is 5.45. The molecule has 0 spiro atoms. The van der Waals surface area contributed by atoms with Crippen molar-refractivity contribution in [2.75, 3.05) is 12.4 Å². The smallest absolute Gasteiger partial charge is 0.412 e. The van der Waals surface area contributed by atoms with E-state index in [9.17, 15) is 9.59 Å². The van der Waals surface area contributed by atoms with Gasteiger partial charge >= 0.3 is 6.09 Å². The predicted octanol–water partition coefficient (Wildman–Crippen LogP) is 3.73. The molecule has 5 nitrogen and oxygen atoms in total. The Hall–Kier alpha value is -2.04. The lowest BCUT2D eigenvalue weighted by Gasteiger charge is -2.21. The number of ether oxygens (including phenoxy) is 2. The molecule has 0 bridgehead atoms. The number of rotatable bonds is 5. The van der Waals surface area contributed by atoms with E-state index in [0.29, 0.717) is 17.9 Å². The van der Waals surface area contributed by atoms with Crippen LogP contribution in [0, 0.1) is 0 Å². The summed E-state index contributed by atoms with van der Waals surface area (Å²) >= 11 is 0. The zero-order chi connectivity index (χ0) is 16.0. The number of amides is 1. The van der Waals surface area contributed by atoms with Crippen LogP contribution >= 0.6 is 0 Å². The van der Waals surface area contributed by atoms with Crippen LogP contribution in [-0.4, -0.2) is 25.1 Å². The van der Waals surface area contributed by atoms with Gasteiger partial charge in [0.05, 0.1) is 12.8 Å². The first-order chi connectivity index (χ1) is 9.76. The zero-order valence-electron chi connectivity index (χ0n) is 13.2. The zero-order valence-corrected chi connectivity index (χ0v) is 13.2. The molecule has 0 radical (unpaired) electrons. The van der Waals surface area contributed by atoms with Gasteiger partial charge in [-0.05, 0) is 44.4 Å². The summed E-state index contributed by atoms with van der Waals surface area (Å²) in [5.41, 5.74) is 0.913. The van der Waals surface area contributed by atoms with E-state index in [-0.39, 0.29) is 5.92 Å². The van der Waals surface area contributed by atoms with E-state index >= 15 is 0 Å². The van der Waals surface area contributed by atoms with Crippen LogP contribution in [0.5, 0.6) is 5.75 Å². The van der Waals surface area contributed by atoms with Gasteiger partial charge in [0.15, 0.2) is 0 Å². The Kier molecular flexibility index (Phi) is 5.76. The summed E-state index contributed by atoms with van der Waals surface area (Å²) in [6.07, 6.45) is 0.773. The molecule has 0 saturated heterocycles. The number of carbonyl (C=O) groups is 2. The summed E-state index contributed by atoms with van der Waals surface area (Å²) in [5.74, 6) is 0.621. The summed E-state index contributed by atoms with van der Waals surface area (Å²) in [4.78, 5) is 22.5. The van der Waals surface area contributed by atoms with Crippen LogP contribution in [0.4, 0.5) is 10.5 Å². The highest BCUT2D eigenvalue weighted by Crippen LogP contribution is 2.30. The quantitative estimate of drug-likeness (QED) is 0.840. The number of carbonyl (C=O) groups excluding carboxylic acids is 2. The summed E-state index contributed by atoms with van der Waals surface area (Å²) in [6, 6.07) is 5.45. The van der Waals surface area contributed by atoms with Crippen molar-refractivity contribution in [2.45, 2.75) is 45.6 Å². The third-order valence-electron chi connectivity index (χ3n) is 2.88. The van der Waals surface area contributed by atoms with Crippen molar-refractivity contribution in [3.63, 3.8) is 0 Å². The number of hydrogen-bond acceptors (Lipinski definition) is 4. The molecule has 1 aromatic carbocycles. The standard InChI is InChI=1S/C16H23NO4/c1-11(8-9-18)12-6-7-14(20-5)13(10-12)17-15(19)21-16(2,3)4/h6-7,9-11H,8H2,1-5H3,(H,17,19). The number of anilines is 1. The molecular weight excluding hydrogens is 270 g/mol. The first-order valence-electron chi connectivity index (χ1n) is 6.88. The van der Waals surface area contributed by atoms with Crippen LogP contribution < -0.4 is 10.1 Å². The minimum absolute atomic E-state index is 0.0765. The highest BCUT2D eigenvalue weighted by molar-refractivity contribution is 5.87. The molecule has 0 aliphatic heterocycles. The normalized spacial score (nSPS) is 12.4. The van der Waals surface area contributed by atoms with Gasteiger partial charge in [-0.1, -0.05) is 13.0 Å². The van der Waals surface area contributed by atoms with Crippen molar-refractivity contribution >= 4 is 18.1 Å². The maximum Gasteiger partial charge on any atom is 0.412 e. The molecule has 0 aliphatic rings. The average Bonchev–Trinajstić information content (AvgIpc) is 2.36. The molecule has 0 fully saturated rings. The largest absolute Gasteiger partial charge is 0.495 e. The molecule has 1 aromatic rings. The van der Waals surface area contributed by atoms with E-state index in [0.717, 1.165) is 11.8 Å². The average molecular weight is 293 g/mol. The van der Waals surface area contributed by atoms with Gasteiger partial charge in [0.25, 0.3) is 0 Å². The SMILES string of the molecule is COc1ccc(C(C)CC=O)cc1NC(=O)OC(C)(C)C. The van der Waals surface area contributed by atoms with Crippen LogP contribution in [0.25, 0.3) is 0 Å². The van der Waals surface area contributed by atoms with E-state index in [2.05, 4.69) is 5.32 Å². The fourth-order valence-corrected chi connectivity index (χ4v) is 1.82. The van der Waals surface area contributed by atoms with E-state index < -0.39 is 11.7 Å². The predicted molar refractivity (Wildman–Crippen MR) is 81.9 cm³/mol. The molecular formula is C16H23NO4. The molecule has 21 heavy (non-hydrogen) atoms. The van der Waals surface area contributed by atoms with Crippen molar-refractivity contribution in [1.29, 1.82) is 0 Å². The number of methoxy groups -OCH3 is 1. The van der Waals surface area contributed by atoms with Crippen LogP contribution in [0.2, 0.25) is 0 Å². The summed E-state index contributed by atoms with van der Waals surface area (Å²) in [7, 11) is 1.53. The van der Waals surface area contributed by atoms with Crippen molar-refractivity contribution in [2.24, 2.45) is 0 Å². The lowest BCUT2D eigenvalue weighted by molar-refractivity contribution is -0.108. The fraction of sp³-hybridized carbons (Fsp3) is 0.500. The summed E-state index contributed by atoms with van der Waals surface area (Å²) in [5, 5.41) is 2.68. The molecule has 1 unspecified atom stereocenters. The highest BCUT2D eigenvalue weighted by Gasteiger charge is 2.18. The fourth-order valence-electron chi connectivity index (χ4n) is 1.82. The molecule has 0 aliphatic carbocycles. The molecule has 1 atom stereocenters. The van der Waals surface area contributed by atoms with Crippen molar-refractivity contribution in [3.05, 3.63) is 23.8 Å². The first-order valence-corrected chi connectivity index (χ1v) is 6.88. The van der Waals surface area contributed by atoms with Gasteiger partial charge in [0, 0.05) is 6.42 Å². The number of aldehydes is 1. The summed E-state index contributed by atoms with van der Waals surface area (Å²) < 4.78 is 10.5. The third-order valence-corrected chi connectivity index (χ3v) is 2.88. The molecule has 5 heteroatoms. The lowest BCUT2D eigenvalue weighted by Crippen LogP contribution is -2.27. The van der Waals surface area contributed by atoms with Gasteiger partial charge in [0.1, 0.15) is 17.6 Å². The van der Waals surface area contributed by atoms with Crippen LogP contribution in [0.15, 0.2) is 18.2 Å². The Bertz CT molecular complexity index is 505. The lowest BCUT2D eigenvalue weighted by atomic mass is 9.98. The molecule has 0 heterocycles. The molecule has 1 amide bonds. The van der Waals surface area contributed by atoms with Gasteiger partial charge in [-0.15, -0.1) is 0 Å². The van der Waals surface area contributed by atoms with Gasteiger partial charge in [0.2, 0.25) is 0 Å². The second kappa shape index (κ2) is 7.11. The minimum atomic E-state index is -0.570. The topological polar surface area (TPSA) is 64.6 Å². The van der Waals surface area contributed by atoms with E-state index in [4.69, 9.17) is 9.47 Å². The van der Waals surface area contributed by atoms with E-state index in [1.165, 1.54) is 7.11 Å². The van der Waals surface area contributed by atoms with Crippen molar-refractivity contribution in [1.82, 2.24) is 0 Å². The number of hydrogen-bond donors (Lipinski definition) is 1. The van der Waals surface area contributed by atoms with Crippen LogP contribution in [0.3, 0.4) is 0 Å². The Balaban J connectivity index is 2.95. The van der Waals surface area contributed by atoms with Crippen molar-refractivity contribution < 1.29 is 19.1 Å². The Morgan fingerprint density at radius 2 is 2.05 bits per heavy atom. The number of benzene rings is 1. The monoisotopic (exact) mass is 293 g/mol. The highest BCUT2D eigenvalue weighted by atomic mass is 16.6. The van der Waals surface area contributed by atoms with Gasteiger partial charge in [-0.3, -0.25) is 5.32 Å². The molecule has 1 rings (SSSR count). The molecule has 0 aromatic heterocycles. The van der Waals surface area contributed by atoms with Gasteiger partial charge < -0.3 is 14.3 Å². The second-order valence-electron chi connectivity index (χ2n) is 5.89. The van der Waals surface area contributed by atoms with E-state index in [1.807, 2.05) is 13.0 Å². The maximum atomic E-state index is 11.9. The molecule has 1 N–H and O–H groups in total. The summed E-state index contributed by atoms with van der Waals surface area (Å²) in [6.45, 7) is 7.35. The van der Waals surface area contributed by atoms with Gasteiger partial charge in [-0.2, -0.15) is 0 Å². The van der Waals surface area contributed by atoms with Crippen molar-refractivity contribution in [3.8, 4) is 5.75 Å². The maximum absolute atomic E-state index is 11.9. The molecule has 0 saturated carbocycles. The molecule has 116 valence electrons. The number of nitrogens with one attached hydrogen (secondary N) is 1. The first kappa shape index (κ1) is 17.0.